The van der Waals surface area contributed by atoms with E-state index in [4.69, 9.17) is 16.9 Å². The first-order valence-electron chi connectivity index (χ1n) is 4.47. The highest BCUT2D eigenvalue weighted by atomic mass is 79.9. The maximum absolute atomic E-state index is 10.8. The second kappa shape index (κ2) is 4.31. The van der Waals surface area contributed by atoms with E-state index in [0.29, 0.717) is 5.69 Å². The fraction of sp³-hybridized carbons (Fsp3) is 0. The minimum Gasteiger partial charge on any atom is -0.477 e. The molecule has 0 atom stereocenters. The van der Waals surface area contributed by atoms with Gasteiger partial charge < -0.3 is 5.11 Å². The minimum absolute atomic E-state index is 0.0485. The molecule has 5 heteroatoms. The van der Waals surface area contributed by atoms with Crippen LogP contribution >= 0.6 is 27.7 Å². The first-order chi connectivity index (χ1) is 7.61. The van der Waals surface area contributed by atoms with Crippen molar-refractivity contribution in [2.45, 2.75) is 0 Å². The third-order valence-electron chi connectivity index (χ3n) is 2.19. The van der Waals surface area contributed by atoms with E-state index in [2.05, 4.69) is 15.9 Å². The Morgan fingerprint density at radius 3 is 2.50 bits per heavy atom. The number of hydrogen-bond donors (Lipinski definition) is 1. The van der Waals surface area contributed by atoms with Crippen molar-refractivity contribution in [2.24, 2.45) is 0 Å². The molecule has 3 nitrogen and oxygen atoms in total. The van der Waals surface area contributed by atoms with E-state index >= 15 is 0 Å². The zero-order valence-corrected chi connectivity index (χ0v) is 10.4. The Hall–Kier alpha value is -1.26. The number of rotatable bonds is 2. The summed E-state index contributed by atoms with van der Waals surface area (Å²) < 4.78 is 2.01. The molecule has 82 valence electrons. The maximum Gasteiger partial charge on any atom is 0.353 e. The molecule has 0 fully saturated rings. The van der Waals surface area contributed by atoms with Crippen LogP contribution in [0, 0.1) is 0 Å². The second-order valence-electron chi connectivity index (χ2n) is 3.17. The minimum atomic E-state index is -1.05. The number of nitrogens with zero attached hydrogens (tertiary/aromatic N) is 1. The standard InChI is InChI=1S/C11H7BrClNO2/c12-8-4-2-1-3-7(8)9-5-6-10(11(15)16)14(9)13/h1-6H,(H,15,16). The van der Waals surface area contributed by atoms with E-state index < -0.39 is 5.97 Å². The Bertz CT molecular complexity index is 551. The van der Waals surface area contributed by atoms with Crippen LogP contribution < -0.4 is 0 Å². The third kappa shape index (κ3) is 1.86. The lowest BCUT2D eigenvalue weighted by molar-refractivity contribution is 0.0690. The van der Waals surface area contributed by atoms with Crippen LogP contribution in [0.25, 0.3) is 11.3 Å². The lowest BCUT2D eigenvalue weighted by Crippen LogP contribution is -2.01. The van der Waals surface area contributed by atoms with Crippen molar-refractivity contribution in [3.8, 4) is 11.3 Å². The number of aromatic carboxylic acids is 1. The summed E-state index contributed by atoms with van der Waals surface area (Å²) in [6.45, 7) is 0. The summed E-state index contributed by atoms with van der Waals surface area (Å²) in [6.07, 6.45) is 0. The maximum atomic E-state index is 10.8. The lowest BCUT2D eigenvalue weighted by atomic mass is 10.2. The Balaban J connectivity index is 2.58. The molecule has 0 radical (unpaired) electrons. The Morgan fingerprint density at radius 2 is 1.94 bits per heavy atom. The molecular weight excluding hydrogens is 293 g/mol. The highest BCUT2D eigenvalue weighted by Crippen LogP contribution is 2.30. The highest BCUT2D eigenvalue weighted by Gasteiger charge is 2.14. The van der Waals surface area contributed by atoms with Gasteiger partial charge in [0, 0.05) is 21.8 Å². The van der Waals surface area contributed by atoms with Gasteiger partial charge in [0.15, 0.2) is 0 Å². The van der Waals surface area contributed by atoms with Crippen molar-refractivity contribution in [1.82, 2.24) is 4.09 Å². The zero-order valence-electron chi connectivity index (χ0n) is 8.02. The number of benzene rings is 1. The average Bonchev–Trinajstić information content (AvgIpc) is 2.61. The van der Waals surface area contributed by atoms with E-state index in [1.165, 1.54) is 6.07 Å². The topological polar surface area (TPSA) is 42.2 Å². The van der Waals surface area contributed by atoms with E-state index in [1.807, 2.05) is 24.3 Å². The molecule has 0 saturated carbocycles. The average molecular weight is 301 g/mol. The summed E-state index contributed by atoms with van der Waals surface area (Å²) in [7, 11) is 0. The van der Waals surface area contributed by atoms with Gasteiger partial charge in [0.2, 0.25) is 0 Å². The van der Waals surface area contributed by atoms with Gasteiger partial charge in [-0.1, -0.05) is 34.1 Å². The number of hydrogen-bond acceptors (Lipinski definition) is 1. The summed E-state index contributed by atoms with van der Waals surface area (Å²) in [5.74, 6) is -1.05. The van der Waals surface area contributed by atoms with Gasteiger partial charge in [-0.2, -0.15) is 0 Å². The molecule has 0 amide bonds. The number of carbonyl (C=O) groups is 1. The predicted molar refractivity (Wildman–Crippen MR) is 65.8 cm³/mol. The molecule has 0 bridgehead atoms. The van der Waals surface area contributed by atoms with E-state index in [1.54, 1.807) is 6.07 Å². The summed E-state index contributed by atoms with van der Waals surface area (Å²) in [5, 5.41) is 8.88. The van der Waals surface area contributed by atoms with Gasteiger partial charge in [0.05, 0.1) is 5.69 Å². The molecular formula is C11H7BrClNO2. The van der Waals surface area contributed by atoms with Gasteiger partial charge >= 0.3 is 5.97 Å². The molecule has 0 saturated heterocycles. The smallest absolute Gasteiger partial charge is 0.353 e. The monoisotopic (exact) mass is 299 g/mol. The van der Waals surface area contributed by atoms with E-state index in [-0.39, 0.29) is 5.69 Å². The molecule has 1 heterocycles. The first kappa shape index (κ1) is 11.2. The number of carboxylic acid groups (broad SMARTS) is 1. The van der Waals surface area contributed by atoms with Crippen LogP contribution in [0.4, 0.5) is 0 Å². The van der Waals surface area contributed by atoms with Crippen molar-refractivity contribution >= 4 is 33.7 Å². The largest absolute Gasteiger partial charge is 0.477 e. The molecule has 2 rings (SSSR count). The lowest BCUT2D eigenvalue weighted by Gasteiger charge is -2.04. The van der Waals surface area contributed by atoms with Crippen LogP contribution in [-0.4, -0.2) is 15.2 Å². The van der Waals surface area contributed by atoms with Gasteiger partial charge in [-0.3, -0.25) is 0 Å². The molecule has 16 heavy (non-hydrogen) atoms. The summed E-state index contributed by atoms with van der Waals surface area (Å²) in [6, 6.07) is 10.6. The Morgan fingerprint density at radius 1 is 1.25 bits per heavy atom. The summed E-state index contributed by atoms with van der Waals surface area (Å²) >= 11 is 9.33. The molecule has 0 unspecified atom stereocenters. The first-order valence-corrected chi connectivity index (χ1v) is 5.60. The van der Waals surface area contributed by atoms with Gasteiger partial charge in [-0.25, -0.2) is 8.88 Å². The predicted octanol–water partition coefficient (Wildman–Crippen LogP) is 3.62. The molecule has 0 aliphatic rings. The van der Waals surface area contributed by atoms with Gasteiger partial charge in [0.1, 0.15) is 5.69 Å². The van der Waals surface area contributed by atoms with Crippen molar-refractivity contribution < 1.29 is 9.90 Å². The molecule has 1 aromatic carbocycles. The zero-order chi connectivity index (χ0) is 11.7. The van der Waals surface area contributed by atoms with Gasteiger partial charge in [0.25, 0.3) is 0 Å². The molecule has 1 N–H and O–H groups in total. The van der Waals surface area contributed by atoms with Crippen molar-refractivity contribution in [3.05, 3.63) is 46.6 Å². The molecule has 0 spiro atoms. The van der Waals surface area contributed by atoms with Crippen molar-refractivity contribution in [2.75, 3.05) is 0 Å². The van der Waals surface area contributed by atoms with Crippen LogP contribution in [0.1, 0.15) is 10.5 Å². The van der Waals surface area contributed by atoms with E-state index in [9.17, 15) is 4.79 Å². The summed E-state index contributed by atoms with van der Waals surface area (Å²) in [4.78, 5) is 10.8. The third-order valence-corrected chi connectivity index (χ3v) is 3.25. The molecule has 2 aromatic rings. The number of carboxylic acids is 1. The van der Waals surface area contributed by atoms with Crippen molar-refractivity contribution in [3.63, 3.8) is 0 Å². The summed E-state index contributed by atoms with van der Waals surface area (Å²) in [5.41, 5.74) is 1.55. The fourth-order valence-electron chi connectivity index (χ4n) is 1.44. The highest BCUT2D eigenvalue weighted by molar-refractivity contribution is 9.10. The second-order valence-corrected chi connectivity index (χ2v) is 4.36. The molecule has 1 aromatic heterocycles. The Labute approximate surface area is 106 Å². The van der Waals surface area contributed by atoms with Crippen LogP contribution in [0.5, 0.6) is 0 Å². The van der Waals surface area contributed by atoms with Crippen LogP contribution in [0.3, 0.4) is 0 Å². The normalized spacial score (nSPS) is 10.4. The fourth-order valence-corrected chi connectivity index (χ4v) is 2.20. The molecule has 0 aliphatic carbocycles. The van der Waals surface area contributed by atoms with Crippen LogP contribution in [0.2, 0.25) is 0 Å². The van der Waals surface area contributed by atoms with Crippen LogP contribution in [-0.2, 0) is 0 Å². The van der Waals surface area contributed by atoms with Crippen LogP contribution in [0.15, 0.2) is 40.9 Å². The Kier molecular flexibility index (Phi) is 3.03. The quantitative estimate of drug-likeness (QED) is 0.920. The SMILES string of the molecule is O=C(O)c1ccc(-c2ccccc2Br)n1Cl. The van der Waals surface area contributed by atoms with Gasteiger partial charge in [-0.05, 0) is 18.2 Å². The van der Waals surface area contributed by atoms with Gasteiger partial charge in [-0.15, -0.1) is 0 Å². The van der Waals surface area contributed by atoms with E-state index in [0.717, 1.165) is 14.1 Å². The number of aromatic nitrogens is 1. The van der Waals surface area contributed by atoms with Crippen molar-refractivity contribution in [1.29, 1.82) is 0 Å². The number of halogens is 2. The molecule has 0 aliphatic heterocycles.